The van der Waals surface area contributed by atoms with Gasteiger partial charge >= 0.3 is 0 Å². The van der Waals surface area contributed by atoms with Crippen LogP contribution in [-0.4, -0.2) is 34.5 Å². The zero-order valence-corrected chi connectivity index (χ0v) is 11.4. The highest BCUT2D eigenvalue weighted by molar-refractivity contribution is 7.99. The predicted molar refractivity (Wildman–Crippen MR) is 69.0 cm³/mol. The van der Waals surface area contributed by atoms with Gasteiger partial charge < -0.3 is 5.32 Å². The van der Waals surface area contributed by atoms with Crippen LogP contribution in [0.3, 0.4) is 0 Å². The molecule has 0 spiro atoms. The van der Waals surface area contributed by atoms with Crippen molar-refractivity contribution in [2.75, 3.05) is 26.1 Å². The maximum Gasteiger partial charge on any atom is 0.176 e. The van der Waals surface area contributed by atoms with Crippen LogP contribution >= 0.6 is 11.8 Å². The molecule has 0 amide bonds. The van der Waals surface area contributed by atoms with Crippen LogP contribution in [-0.2, 0) is 16.3 Å². The van der Waals surface area contributed by atoms with Crippen LogP contribution in [0.5, 0.6) is 0 Å². The highest BCUT2D eigenvalue weighted by Crippen LogP contribution is 2.25. The molecule has 1 rings (SSSR count). The molecule has 0 fully saturated rings. The summed E-state index contributed by atoms with van der Waals surface area (Å²) in [6.45, 7) is 0.849. The summed E-state index contributed by atoms with van der Waals surface area (Å²) >= 11 is 1.46. The van der Waals surface area contributed by atoms with Crippen LogP contribution in [0.15, 0.2) is 28.0 Å². The van der Waals surface area contributed by atoms with E-state index < -0.39 is 9.84 Å². The Morgan fingerprint density at radius 1 is 1.38 bits per heavy atom. The molecule has 1 aromatic carbocycles. The number of hydrogen-bond acceptors (Lipinski definition) is 4. The predicted octanol–water partition coefficient (Wildman–Crippen LogP) is 1.57. The maximum absolute atomic E-state index is 11.6. The van der Waals surface area contributed by atoms with Gasteiger partial charge in [0.25, 0.3) is 0 Å². The summed E-state index contributed by atoms with van der Waals surface area (Å²) in [4.78, 5) is 1.25. The average Bonchev–Trinajstić information content (AvgIpc) is 2.24. The number of likely N-dealkylation sites (N-methyl/N-ethyl adjacent to an activating group) is 1. The van der Waals surface area contributed by atoms with Gasteiger partial charge in [0.1, 0.15) is 0 Å². The third-order valence-electron chi connectivity index (χ3n) is 2.29. The molecule has 16 heavy (non-hydrogen) atoms. The van der Waals surface area contributed by atoms with E-state index in [0.717, 1.165) is 23.4 Å². The lowest BCUT2D eigenvalue weighted by Gasteiger charge is -2.08. The summed E-state index contributed by atoms with van der Waals surface area (Å²) in [5.74, 6) is 0. The number of nitrogens with one attached hydrogen (secondary N) is 1. The van der Waals surface area contributed by atoms with Crippen LogP contribution in [0.2, 0.25) is 0 Å². The second-order valence-electron chi connectivity index (χ2n) is 3.61. The third kappa shape index (κ3) is 3.50. The highest BCUT2D eigenvalue weighted by atomic mass is 32.2. The van der Waals surface area contributed by atoms with E-state index in [1.54, 1.807) is 6.07 Å². The van der Waals surface area contributed by atoms with Gasteiger partial charge in [0.2, 0.25) is 0 Å². The van der Waals surface area contributed by atoms with Crippen molar-refractivity contribution in [1.82, 2.24) is 5.32 Å². The second-order valence-corrected chi connectivity index (χ2v) is 6.44. The molecular formula is C11H17NO2S2. The van der Waals surface area contributed by atoms with Crippen LogP contribution in [0.4, 0.5) is 0 Å². The lowest BCUT2D eigenvalue weighted by Crippen LogP contribution is -2.11. The van der Waals surface area contributed by atoms with E-state index in [-0.39, 0.29) is 0 Å². The fourth-order valence-electron chi connectivity index (χ4n) is 1.44. The lowest BCUT2D eigenvalue weighted by atomic mass is 10.1. The Balaban J connectivity index is 3.12. The lowest BCUT2D eigenvalue weighted by molar-refractivity contribution is 0.599. The van der Waals surface area contributed by atoms with Crippen molar-refractivity contribution in [3.63, 3.8) is 0 Å². The van der Waals surface area contributed by atoms with Crippen molar-refractivity contribution in [3.05, 3.63) is 23.8 Å². The van der Waals surface area contributed by atoms with E-state index >= 15 is 0 Å². The Morgan fingerprint density at radius 3 is 2.56 bits per heavy atom. The number of sulfone groups is 1. The molecule has 0 radical (unpaired) electrons. The van der Waals surface area contributed by atoms with Crippen molar-refractivity contribution in [3.8, 4) is 0 Å². The molecule has 0 aromatic heterocycles. The summed E-state index contributed by atoms with van der Waals surface area (Å²) in [6.07, 6.45) is 3.98. The fraction of sp³-hybridized carbons (Fsp3) is 0.455. The first-order valence-corrected chi connectivity index (χ1v) is 8.12. The maximum atomic E-state index is 11.6. The van der Waals surface area contributed by atoms with Crippen LogP contribution in [0.25, 0.3) is 0 Å². The van der Waals surface area contributed by atoms with Gasteiger partial charge in [-0.15, -0.1) is 11.8 Å². The summed E-state index contributed by atoms with van der Waals surface area (Å²) in [7, 11) is -1.25. The second kappa shape index (κ2) is 5.70. The standard InChI is InChI=1S/C11H17NO2S2/c1-12-7-6-9-4-5-10(15-2)11(8-9)16(3,13)14/h4-5,8,12H,6-7H2,1-3H3. The molecule has 0 aliphatic carbocycles. The summed E-state index contributed by atoms with van der Waals surface area (Å²) < 4.78 is 23.2. The number of thioether (sulfide) groups is 1. The third-order valence-corrected chi connectivity index (χ3v) is 4.35. The molecule has 90 valence electrons. The van der Waals surface area contributed by atoms with E-state index in [2.05, 4.69) is 5.32 Å². The molecular weight excluding hydrogens is 242 g/mol. The first-order valence-electron chi connectivity index (χ1n) is 5.00. The largest absolute Gasteiger partial charge is 0.319 e. The molecule has 5 heteroatoms. The summed E-state index contributed by atoms with van der Waals surface area (Å²) in [5, 5.41) is 3.05. The molecule has 1 aromatic rings. The van der Waals surface area contributed by atoms with E-state index in [4.69, 9.17) is 0 Å². The minimum atomic E-state index is -3.13. The van der Waals surface area contributed by atoms with Crippen molar-refractivity contribution >= 4 is 21.6 Å². The van der Waals surface area contributed by atoms with Gasteiger partial charge in [0.15, 0.2) is 9.84 Å². The minimum absolute atomic E-state index is 0.439. The molecule has 0 atom stereocenters. The first kappa shape index (κ1) is 13.5. The Morgan fingerprint density at radius 2 is 2.06 bits per heavy atom. The van der Waals surface area contributed by atoms with Gasteiger partial charge in [0.05, 0.1) is 4.90 Å². The van der Waals surface area contributed by atoms with E-state index in [1.165, 1.54) is 18.0 Å². The van der Waals surface area contributed by atoms with Crippen molar-refractivity contribution in [2.45, 2.75) is 16.2 Å². The number of hydrogen-bond donors (Lipinski definition) is 1. The molecule has 0 unspecified atom stereocenters. The smallest absolute Gasteiger partial charge is 0.176 e. The zero-order valence-electron chi connectivity index (χ0n) is 9.78. The zero-order chi connectivity index (χ0) is 12.2. The van der Waals surface area contributed by atoms with E-state index in [1.807, 2.05) is 25.4 Å². The summed E-state index contributed by atoms with van der Waals surface area (Å²) in [5.41, 5.74) is 1.05. The Hall–Kier alpha value is -0.520. The molecule has 1 N–H and O–H groups in total. The van der Waals surface area contributed by atoms with Gasteiger partial charge in [-0.2, -0.15) is 0 Å². The van der Waals surface area contributed by atoms with Crippen LogP contribution < -0.4 is 5.32 Å². The van der Waals surface area contributed by atoms with Gasteiger partial charge in [0, 0.05) is 11.2 Å². The Labute approximate surface area is 102 Å². The fourth-order valence-corrected chi connectivity index (χ4v) is 3.40. The molecule has 0 saturated heterocycles. The van der Waals surface area contributed by atoms with Crippen molar-refractivity contribution < 1.29 is 8.42 Å². The molecule has 0 aliphatic rings. The van der Waals surface area contributed by atoms with Crippen molar-refractivity contribution in [1.29, 1.82) is 0 Å². The average molecular weight is 259 g/mol. The molecule has 3 nitrogen and oxygen atoms in total. The van der Waals surface area contributed by atoms with Crippen LogP contribution in [0, 0.1) is 0 Å². The van der Waals surface area contributed by atoms with Gasteiger partial charge in [-0.25, -0.2) is 8.42 Å². The van der Waals surface area contributed by atoms with Crippen LogP contribution in [0.1, 0.15) is 5.56 Å². The van der Waals surface area contributed by atoms with E-state index in [9.17, 15) is 8.42 Å². The Bertz CT molecular complexity index is 455. The monoisotopic (exact) mass is 259 g/mol. The van der Waals surface area contributed by atoms with E-state index in [0.29, 0.717) is 4.90 Å². The molecule has 0 bridgehead atoms. The Kier molecular flexibility index (Phi) is 4.83. The first-order chi connectivity index (χ1) is 7.49. The van der Waals surface area contributed by atoms with Gasteiger partial charge in [-0.1, -0.05) is 6.07 Å². The van der Waals surface area contributed by atoms with Gasteiger partial charge in [-0.3, -0.25) is 0 Å². The highest BCUT2D eigenvalue weighted by Gasteiger charge is 2.13. The SMILES string of the molecule is CNCCc1ccc(SC)c(S(C)(=O)=O)c1. The number of rotatable bonds is 5. The number of benzene rings is 1. The molecule has 0 aliphatic heterocycles. The normalized spacial score (nSPS) is 11.7. The summed E-state index contributed by atoms with van der Waals surface area (Å²) in [6, 6.07) is 5.64. The topological polar surface area (TPSA) is 46.2 Å². The van der Waals surface area contributed by atoms with Crippen molar-refractivity contribution in [2.24, 2.45) is 0 Å². The van der Waals surface area contributed by atoms with Gasteiger partial charge in [-0.05, 0) is 44.0 Å². The quantitative estimate of drug-likeness (QED) is 0.815. The molecule has 0 saturated carbocycles. The molecule has 0 heterocycles. The minimum Gasteiger partial charge on any atom is -0.319 e.